The van der Waals surface area contributed by atoms with Crippen molar-refractivity contribution in [3.05, 3.63) is 0 Å². The average molecular weight is 180 g/mol. The fraction of sp³-hybridized carbons (Fsp3) is 1.00. The molecule has 0 saturated heterocycles. The van der Waals surface area contributed by atoms with Gasteiger partial charge in [0.25, 0.3) is 0 Å². The molecule has 0 amide bonds. The van der Waals surface area contributed by atoms with Crippen molar-refractivity contribution >= 4 is 46.4 Å². The van der Waals surface area contributed by atoms with E-state index in [1.807, 2.05) is 0 Å². The van der Waals surface area contributed by atoms with Crippen LogP contribution in [0, 0.1) is 0 Å². The van der Waals surface area contributed by atoms with Crippen LogP contribution < -0.4 is 0 Å². The molecule has 1 aliphatic rings. The normalized spacial score (nSPS) is 46.3. The fourth-order valence-corrected chi connectivity index (χ4v) is 1.48. The summed E-state index contributed by atoms with van der Waals surface area (Å²) in [5, 5.41) is -0.532. The van der Waals surface area contributed by atoms with E-state index in [1.165, 1.54) is 0 Å². The van der Waals surface area contributed by atoms with Crippen LogP contribution in [0.1, 0.15) is 0 Å². The maximum Gasteiger partial charge on any atom is 0.153 e. The van der Waals surface area contributed by atoms with Crippen molar-refractivity contribution in [2.45, 2.75) is 15.1 Å². The number of hydrogen-bond acceptors (Lipinski definition) is 0. The Bertz CT molecular complexity index is 78.9. The Labute approximate surface area is 61.7 Å². The Morgan fingerprint density at radius 1 is 1.00 bits per heavy atom. The maximum atomic E-state index is 5.44. The first-order valence-corrected chi connectivity index (χ1v) is 3.35. The second kappa shape index (κ2) is 1.57. The summed E-state index contributed by atoms with van der Waals surface area (Å²) in [4.78, 5) is 0. The van der Waals surface area contributed by atoms with Crippen molar-refractivity contribution in [2.75, 3.05) is 0 Å². The monoisotopic (exact) mass is 178 g/mol. The summed E-state index contributed by atoms with van der Waals surface area (Å²) >= 11 is 21.8. The highest BCUT2D eigenvalue weighted by molar-refractivity contribution is 6.62. The van der Waals surface area contributed by atoms with Crippen LogP contribution in [0.15, 0.2) is 0 Å². The molecule has 1 aliphatic carbocycles. The van der Waals surface area contributed by atoms with E-state index >= 15 is 0 Å². The molecule has 0 aromatic rings. The van der Waals surface area contributed by atoms with Gasteiger partial charge < -0.3 is 0 Å². The van der Waals surface area contributed by atoms with Crippen LogP contribution in [0.25, 0.3) is 0 Å². The zero-order valence-corrected chi connectivity index (χ0v) is 6.19. The van der Waals surface area contributed by atoms with Crippen LogP contribution in [0.4, 0.5) is 0 Å². The van der Waals surface area contributed by atoms with Crippen LogP contribution in [-0.2, 0) is 0 Å². The van der Waals surface area contributed by atoms with E-state index < -0.39 is 4.33 Å². The van der Waals surface area contributed by atoms with Gasteiger partial charge in [0.05, 0.1) is 10.8 Å². The lowest BCUT2D eigenvalue weighted by Gasteiger charge is -1.84. The van der Waals surface area contributed by atoms with E-state index in [2.05, 4.69) is 0 Å². The van der Waals surface area contributed by atoms with E-state index in [-0.39, 0.29) is 10.8 Å². The summed E-state index contributed by atoms with van der Waals surface area (Å²) in [7, 11) is 0. The van der Waals surface area contributed by atoms with Crippen molar-refractivity contribution in [3.63, 3.8) is 0 Å². The predicted octanol–water partition coefficient (Wildman–Crippen LogP) is 2.39. The minimum absolute atomic E-state index is 0.266. The van der Waals surface area contributed by atoms with Gasteiger partial charge in [0, 0.05) is 0 Å². The van der Waals surface area contributed by atoms with Crippen LogP contribution in [0.5, 0.6) is 0 Å². The quantitative estimate of drug-likeness (QED) is 0.502. The Kier molecular flexibility index (Phi) is 1.41. The Morgan fingerprint density at radius 3 is 1.14 bits per heavy atom. The molecule has 1 fully saturated rings. The van der Waals surface area contributed by atoms with Crippen molar-refractivity contribution in [2.24, 2.45) is 0 Å². The van der Waals surface area contributed by atoms with E-state index in [0.717, 1.165) is 0 Å². The SMILES string of the molecule is Cl[C@@H]1[C@@H](Cl)C1(Cl)Cl. The molecular formula is C3H2Cl4. The lowest BCUT2D eigenvalue weighted by atomic mass is 10.9. The molecule has 0 unspecified atom stereocenters. The van der Waals surface area contributed by atoms with E-state index in [4.69, 9.17) is 46.4 Å². The lowest BCUT2D eigenvalue weighted by Crippen LogP contribution is -1.87. The van der Waals surface area contributed by atoms with Crippen LogP contribution in [0.3, 0.4) is 0 Å². The summed E-state index contributed by atoms with van der Waals surface area (Å²) in [6, 6.07) is 0. The van der Waals surface area contributed by atoms with Gasteiger partial charge in [0.1, 0.15) is 0 Å². The van der Waals surface area contributed by atoms with Gasteiger partial charge in [-0.2, -0.15) is 0 Å². The molecule has 0 radical (unpaired) electrons. The molecular weight excluding hydrogens is 178 g/mol. The highest BCUT2D eigenvalue weighted by Gasteiger charge is 2.62. The summed E-state index contributed by atoms with van der Waals surface area (Å²) in [6.45, 7) is 0. The number of hydrogen-bond donors (Lipinski definition) is 0. The van der Waals surface area contributed by atoms with E-state index in [9.17, 15) is 0 Å². The van der Waals surface area contributed by atoms with Gasteiger partial charge in [0.2, 0.25) is 0 Å². The molecule has 0 aromatic carbocycles. The molecule has 4 heteroatoms. The molecule has 42 valence electrons. The van der Waals surface area contributed by atoms with Crippen molar-refractivity contribution in [1.82, 2.24) is 0 Å². The highest BCUT2D eigenvalue weighted by atomic mass is 35.5. The molecule has 1 saturated carbocycles. The molecule has 2 atom stereocenters. The molecule has 0 nitrogen and oxygen atoms in total. The maximum absolute atomic E-state index is 5.44. The van der Waals surface area contributed by atoms with Gasteiger partial charge >= 0.3 is 0 Å². The molecule has 0 heterocycles. The molecule has 1 rings (SSSR count). The van der Waals surface area contributed by atoms with Gasteiger partial charge in [-0.05, 0) is 0 Å². The van der Waals surface area contributed by atoms with Crippen LogP contribution in [0.2, 0.25) is 0 Å². The summed E-state index contributed by atoms with van der Waals surface area (Å²) < 4.78 is -0.858. The second-order valence-corrected chi connectivity index (χ2v) is 3.86. The third-order valence-corrected chi connectivity index (χ3v) is 3.59. The summed E-state index contributed by atoms with van der Waals surface area (Å²) in [5.41, 5.74) is 0. The average Bonchev–Trinajstić information content (AvgIpc) is 1.91. The van der Waals surface area contributed by atoms with Crippen molar-refractivity contribution in [1.29, 1.82) is 0 Å². The van der Waals surface area contributed by atoms with Gasteiger partial charge in [-0.25, -0.2) is 0 Å². The first kappa shape index (κ1) is 6.28. The largest absolute Gasteiger partial charge is 0.153 e. The molecule has 0 bridgehead atoms. The van der Waals surface area contributed by atoms with E-state index in [1.54, 1.807) is 0 Å². The third kappa shape index (κ3) is 0.829. The number of alkyl halides is 4. The second-order valence-electron chi connectivity index (χ2n) is 1.48. The Balaban J connectivity index is 2.52. The van der Waals surface area contributed by atoms with Gasteiger partial charge in [-0.3, -0.25) is 0 Å². The molecule has 7 heavy (non-hydrogen) atoms. The molecule has 0 aliphatic heterocycles. The Morgan fingerprint density at radius 2 is 1.14 bits per heavy atom. The summed E-state index contributed by atoms with van der Waals surface area (Å²) in [5.74, 6) is 0. The standard InChI is InChI=1S/C3H2Cl4/c4-1-2(5)3(1,6)7/h1-2H/t1-,2-/m1/s1. The van der Waals surface area contributed by atoms with Gasteiger partial charge in [-0.15, -0.1) is 23.2 Å². The van der Waals surface area contributed by atoms with Crippen LogP contribution in [-0.4, -0.2) is 15.1 Å². The van der Waals surface area contributed by atoms with Crippen molar-refractivity contribution in [3.8, 4) is 0 Å². The minimum atomic E-state index is -0.858. The minimum Gasteiger partial charge on any atom is -0.118 e. The summed E-state index contributed by atoms with van der Waals surface area (Å²) in [6.07, 6.45) is 0. The zero-order valence-electron chi connectivity index (χ0n) is 3.17. The smallest absolute Gasteiger partial charge is 0.118 e. The van der Waals surface area contributed by atoms with Crippen LogP contribution >= 0.6 is 46.4 Å². The number of halogens is 4. The highest BCUT2D eigenvalue weighted by Crippen LogP contribution is 2.54. The third-order valence-electron chi connectivity index (χ3n) is 0.883. The number of rotatable bonds is 0. The first-order valence-electron chi connectivity index (χ1n) is 1.73. The molecule has 0 N–H and O–H groups in total. The lowest BCUT2D eigenvalue weighted by molar-refractivity contribution is 1.36. The first-order chi connectivity index (χ1) is 3.07. The Hall–Kier alpha value is 1.16. The van der Waals surface area contributed by atoms with Gasteiger partial charge in [0.15, 0.2) is 4.33 Å². The molecule has 0 spiro atoms. The van der Waals surface area contributed by atoms with Crippen molar-refractivity contribution < 1.29 is 0 Å². The zero-order chi connectivity index (χ0) is 5.65. The van der Waals surface area contributed by atoms with Gasteiger partial charge in [-0.1, -0.05) is 23.2 Å². The molecule has 0 aromatic heterocycles. The topological polar surface area (TPSA) is 0 Å². The van der Waals surface area contributed by atoms with E-state index in [0.29, 0.717) is 0 Å². The fourth-order valence-electron chi connectivity index (χ4n) is 0.255. The predicted molar refractivity (Wildman–Crippen MR) is 33.7 cm³/mol.